The van der Waals surface area contributed by atoms with Crippen LogP contribution in [-0.4, -0.2) is 45.5 Å². The Labute approximate surface area is 158 Å². The molecule has 0 saturated heterocycles. The average Bonchev–Trinajstić information content (AvgIpc) is 2.77. The molecular formula is C14H19F6NO5S2. The summed E-state index contributed by atoms with van der Waals surface area (Å²) in [5.74, 6) is -13.8. The summed E-state index contributed by atoms with van der Waals surface area (Å²) in [7, 11) is -12.1. The number of ketones is 1. The highest BCUT2D eigenvalue weighted by Gasteiger charge is 2.76. The second-order valence-corrected chi connectivity index (χ2v) is 11.7. The lowest BCUT2D eigenvalue weighted by Gasteiger charge is -2.36. The Morgan fingerprint density at radius 1 is 1.07 bits per heavy atom. The summed E-state index contributed by atoms with van der Waals surface area (Å²) in [5.41, 5.74) is -2.48. The number of nitrogens with one attached hydrogen (secondary N) is 1. The Bertz CT molecular complexity index is 894. The molecule has 0 radical (unpaired) electrons. The lowest BCUT2D eigenvalue weighted by atomic mass is 9.70. The number of alkyl halides is 6. The van der Waals surface area contributed by atoms with Gasteiger partial charge in [0.05, 0.1) is 5.75 Å². The second-order valence-electron chi connectivity index (χ2n) is 7.99. The summed E-state index contributed by atoms with van der Waals surface area (Å²) in [6, 6.07) is 0. The minimum atomic E-state index is -6.79. The van der Waals surface area contributed by atoms with Crippen LogP contribution in [0.25, 0.3) is 0 Å². The van der Waals surface area contributed by atoms with Gasteiger partial charge in [0, 0.05) is 18.8 Å². The van der Waals surface area contributed by atoms with Gasteiger partial charge in [0.15, 0.2) is 0 Å². The predicted octanol–water partition coefficient (Wildman–Crippen LogP) is 2.51. The van der Waals surface area contributed by atoms with Gasteiger partial charge in [0.25, 0.3) is 10.0 Å². The number of fused-ring (bicyclic) bond motifs is 2. The molecule has 2 unspecified atom stereocenters. The van der Waals surface area contributed by atoms with Gasteiger partial charge in [-0.05, 0) is 24.2 Å². The van der Waals surface area contributed by atoms with E-state index in [0.717, 1.165) is 0 Å². The van der Waals surface area contributed by atoms with Gasteiger partial charge >= 0.3 is 17.1 Å². The maximum Gasteiger partial charge on any atom is 0.427 e. The molecule has 28 heavy (non-hydrogen) atoms. The van der Waals surface area contributed by atoms with Crippen molar-refractivity contribution in [3.05, 3.63) is 0 Å². The second kappa shape index (κ2) is 6.06. The first kappa shape index (κ1) is 23.4. The minimum Gasteiger partial charge on any atom is -0.299 e. The third-order valence-electron chi connectivity index (χ3n) is 6.07. The van der Waals surface area contributed by atoms with E-state index < -0.39 is 66.4 Å². The Hall–Kier alpha value is -0.890. The Balaban J connectivity index is 2.38. The standard InChI is InChI=1S/C14H19F6NO5S2/c1-10(2)8-4-5-12(10,9(22)6-8)7-27(23,24)21-28(25,26)14(19,20)13(17,18)11(3,15)16/h8,21H,4-7H2,1-3H3. The monoisotopic (exact) mass is 459 g/mol. The highest BCUT2D eigenvalue weighted by Crippen LogP contribution is 2.64. The van der Waals surface area contributed by atoms with Crippen molar-refractivity contribution in [3.8, 4) is 0 Å². The normalized spacial score (nSPS) is 28.8. The topological polar surface area (TPSA) is 97.4 Å². The predicted molar refractivity (Wildman–Crippen MR) is 84.9 cm³/mol. The van der Waals surface area contributed by atoms with Gasteiger partial charge in [-0.25, -0.2) is 16.8 Å². The first-order valence-corrected chi connectivity index (χ1v) is 11.2. The van der Waals surface area contributed by atoms with Crippen molar-refractivity contribution in [1.82, 2.24) is 4.13 Å². The van der Waals surface area contributed by atoms with Crippen molar-refractivity contribution in [3.63, 3.8) is 0 Å². The van der Waals surface area contributed by atoms with Crippen LogP contribution in [0.1, 0.15) is 40.0 Å². The van der Waals surface area contributed by atoms with Gasteiger partial charge < -0.3 is 0 Å². The van der Waals surface area contributed by atoms with Crippen LogP contribution < -0.4 is 4.13 Å². The van der Waals surface area contributed by atoms with E-state index in [0.29, 0.717) is 10.5 Å². The van der Waals surface area contributed by atoms with Gasteiger partial charge in [-0.2, -0.15) is 26.3 Å². The smallest absolute Gasteiger partial charge is 0.299 e. The van der Waals surface area contributed by atoms with E-state index in [9.17, 15) is 48.0 Å². The third kappa shape index (κ3) is 3.06. The number of sulfonamides is 2. The lowest BCUT2D eigenvalue weighted by Crippen LogP contribution is -2.60. The molecule has 0 aromatic rings. The molecule has 0 aliphatic heterocycles. The quantitative estimate of drug-likeness (QED) is 0.590. The first-order chi connectivity index (χ1) is 12.1. The molecular weight excluding hydrogens is 440 g/mol. The van der Waals surface area contributed by atoms with E-state index >= 15 is 0 Å². The summed E-state index contributed by atoms with van der Waals surface area (Å²) < 4.78 is 128. The number of halogens is 6. The fourth-order valence-electron chi connectivity index (χ4n) is 4.11. The number of carbonyl (C=O) groups excluding carboxylic acids is 1. The van der Waals surface area contributed by atoms with Crippen LogP contribution in [0.15, 0.2) is 0 Å². The molecule has 2 atom stereocenters. The SMILES string of the molecule is CC(F)(F)C(F)(F)C(F)(F)S(=O)(=O)NS(=O)(=O)CC12CCC(CC1=O)C2(C)C. The zero-order valence-corrected chi connectivity index (χ0v) is 16.7. The Kier molecular flexibility index (Phi) is 5.06. The molecule has 2 aliphatic carbocycles. The number of rotatable bonds is 7. The highest BCUT2D eigenvalue weighted by molar-refractivity contribution is 8.05. The van der Waals surface area contributed by atoms with E-state index in [2.05, 4.69) is 0 Å². The lowest BCUT2D eigenvalue weighted by molar-refractivity contribution is -0.271. The summed E-state index contributed by atoms with van der Waals surface area (Å²) in [6.45, 7) is 2.52. The maximum absolute atomic E-state index is 13.7. The van der Waals surface area contributed by atoms with E-state index in [1.807, 2.05) is 0 Å². The molecule has 0 spiro atoms. The first-order valence-electron chi connectivity index (χ1n) is 8.07. The molecule has 0 aromatic heterocycles. The molecule has 6 nitrogen and oxygen atoms in total. The zero-order valence-electron chi connectivity index (χ0n) is 15.0. The van der Waals surface area contributed by atoms with Gasteiger partial charge in [0.1, 0.15) is 5.78 Å². The molecule has 2 fully saturated rings. The summed E-state index contributed by atoms with van der Waals surface area (Å²) >= 11 is 0. The summed E-state index contributed by atoms with van der Waals surface area (Å²) in [6.07, 6.45) is 0.507. The molecule has 164 valence electrons. The van der Waals surface area contributed by atoms with Gasteiger partial charge in [-0.3, -0.25) is 4.79 Å². The number of hydrogen-bond acceptors (Lipinski definition) is 5. The van der Waals surface area contributed by atoms with E-state index in [-0.39, 0.29) is 18.8 Å². The molecule has 0 amide bonds. The van der Waals surface area contributed by atoms with Crippen LogP contribution in [0, 0.1) is 16.7 Å². The molecule has 14 heteroatoms. The average molecular weight is 459 g/mol. The third-order valence-corrected chi connectivity index (χ3v) is 9.76. The molecule has 2 saturated carbocycles. The highest BCUT2D eigenvalue weighted by atomic mass is 32.3. The van der Waals surface area contributed by atoms with Crippen LogP contribution in [-0.2, 0) is 24.8 Å². The number of Topliss-reactive ketones (excluding diaryl/α,β-unsaturated/α-hetero) is 1. The molecule has 0 heterocycles. The molecule has 1 N–H and O–H groups in total. The Morgan fingerprint density at radius 2 is 1.57 bits per heavy atom. The van der Waals surface area contributed by atoms with Crippen LogP contribution >= 0.6 is 0 Å². The molecule has 2 rings (SSSR count). The molecule has 0 aromatic carbocycles. The maximum atomic E-state index is 13.7. The van der Waals surface area contributed by atoms with E-state index in [4.69, 9.17) is 0 Å². The van der Waals surface area contributed by atoms with Crippen LogP contribution in [0.4, 0.5) is 26.3 Å². The summed E-state index contributed by atoms with van der Waals surface area (Å²) in [4.78, 5) is 12.3. The molecule has 2 aliphatic rings. The Morgan fingerprint density at radius 3 is 1.93 bits per heavy atom. The van der Waals surface area contributed by atoms with Crippen molar-refractivity contribution < 1.29 is 48.0 Å². The van der Waals surface area contributed by atoms with E-state index in [1.54, 1.807) is 13.8 Å². The van der Waals surface area contributed by atoms with Gasteiger partial charge in [-0.1, -0.05) is 13.8 Å². The fraction of sp³-hybridized carbons (Fsp3) is 0.929. The van der Waals surface area contributed by atoms with Crippen molar-refractivity contribution in [2.24, 2.45) is 16.7 Å². The van der Waals surface area contributed by atoms with Crippen LogP contribution in [0.3, 0.4) is 0 Å². The van der Waals surface area contributed by atoms with Crippen LogP contribution in [0.2, 0.25) is 0 Å². The van der Waals surface area contributed by atoms with Crippen molar-refractivity contribution in [1.29, 1.82) is 0 Å². The zero-order chi connectivity index (χ0) is 22.2. The van der Waals surface area contributed by atoms with Crippen LogP contribution in [0.5, 0.6) is 0 Å². The summed E-state index contributed by atoms with van der Waals surface area (Å²) in [5, 5.41) is -6.43. The van der Waals surface area contributed by atoms with Gasteiger partial charge in [-0.15, -0.1) is 4.13 Å². The molecule has 2 bridgehead atoms. The largest absolute Gasteiger partial charge is 0.427 e. The fourth-order valence-corrected chi connectivity index (χ4v) is 7.94. The number of hydrogen-bond donors (Lipinski definition) is 1. The van der Waals surface area contributed by atoms with E-state index in [1.165, 1.54) is 0 Å². The minimum absolute atomic E-state index is 0.0194. The van der Waals surface area contributed by atoms with Gasteiger partial charge in [0.2, 0.25) is 10.0 Å². The van der Waals surface area contributed by atoms with Crippen molar-refractivity contribution in [2.45, 2.75) is 57.1 Å². The van der Waals surface area contributed by atoms with Crippen molar-refractivity contribution >= 4 is 25.8 Å². The number of carbonyl (C=O) groups is 1. The van der Waals surface area contributed by atoms with Crippen molar-refractivity contribution in [2.75, 3.05) is 5.75 Å².